The number of halogens is 1. The highest BCUT2D eigenvalue weighted by Crippen LogP contribution is 2.42. The number of hydrogen-bond donors (Lipinski definition) is 3. The topological polar surface area (TPSA) is 165 Å². The Kier molecular flexibility index (Phi) is 8.15. The van der Waals surface area contributed by atoms with Crippen molar-refractivity contribution < 1.29 is 33.5 Å². The normalized spacial score (nSPS) is 18.6. The summed E-state index contributed by atoms with van der Waals surface area (Å²) in [5, 5.41) is 24.2. The number of amides is 3. The van der Waals surface area contributed by atoms with Crippen LogP contribution < -0.4 is 15.2 Å². The molecule has 5 heterocycles. The number of quaternary nitrogens is 1. The van der Waals surface area contributed by atoms with Gasteiger partial charge in [0.05, 0.1) is 30.4 Å². The zero-order valence-electron chi connectivity index (χ0n) is 25.6. The smallest absolute Gasteiger partial charge is 0.340 e. The van der Waals surface area contributed by atoms with Gasteiger partial charge in [-0.1, -0.05) is 30.8 Å². The summed E-state index contributed by atoms with van der Waals surface area (Å²) in [6.07, 6.45) is 2.88. The molecule has 0 unspecified atom stereocenters. The molecule has 46 heavy (non-hydrogen) atoms. The maximum atomic E-state index is 15.8. The SMILES string of the molecule is CC(C)C(=O)CCC(=O)[N+]12CCC(CC1)c1nn(CC(=O)NCC(=O)NCC(=O)O)c3cccc(c13)-c1cc3c(cnn32)cc1F. The summed E-state index contributed by atoms with van der Waals surface area (Å²) in [5.74, 6) is -3.22. The largest absolute Gasteiger partial charge is 0.480 e. The molecule has 1 fully saturated rings. The Morgan fingerprint density at radius 1 is 1.00 bits per heavy atom. The van der Waals surface area contributed by atoms with Crippen molar-refractivity contribution in [3.63, 3.8) is 0 Å². The van der Waals surface area contributed by atoms with E-state index in [2.05, 4.69) is 15.7 Å². The lowest BCUT2D eigenvalue weighted by molar-refractivity contribution is -0.141. The summed E-state index contributed by atoms with van der Waals surface area (Å²) in [6.45, 7) is 3.23. The van der Waals surface area contributed by atoms with Crippen LogP contribution in [0.4, 0.5) is 4.39 Å². The lowest BCUT2D eigenvalue weighted by Gasteiger charge is -2.39. The molecule has 3 N–H and O–H groups in total. The van der Waals surface area contributed by atoms with E-state index in [1.807, 2.05) is 19.9 Å². The number of ketones is 1. The van der Waals surface area contributed by atoms with Crippen molar-refractivity contribution in [1.82, 2.24) is 34.9 Å². The Labute approximate surface area is 262 Å². The van der Waals surface area contributed by atoms with E-state index in [9.17, 15) is 24.0 Å². The van der Waals surface area contributed by atoms with Gasteiger partial charge in [-0.15, -0.1) is 9.69 Å². The van der Waals surface area contributed by atoms with Crippen molar-refractivity contribution in [1.29, 1.82) is 0 Å². The van der Waals surface area contributed by atoms with Gasteiger partial charge in [0, 0.05) is 47.4 Å². The maximum Gasteiger partial charge on any atom is 0.340 e. The highest BCUT2D eigenvalue weighted by molar-refractivity contribution is 6.00. The van der Waals surface area contributed by atoms with Crippen LogP contribution >= 0.6 is 0 Å². The second-order valence-electron chi connectivity index (χ2n) is 12.3. The van der Waals surface area contributed by atoms with Gasteiger partial charge in [-0.05, 0) is 23.8 Å². The first kappa shape index (κ1) is 31.0. The Hall–Kier alpha value is -4.98. The molecular weight excluding hydrogens is 597 g/mol. The number of carbonyl (C=O) groups excluding carboxylic acids is 4. The van der Waals surface area contributed by atoms with Crippen LogP contribution in [0.15, 0.2) is 36.5 Å². The number of aromatic nitrogens is 4. The molecule has 4 aromatic rings. The minimum Gasteiger partial charge on any atom is -0.480 e. The van der Waals surface area contributed by atoms with Crippen LogP contribution in [0.5, 0.6) is 0 Å². The maximum absolute atomic E-state index is 15.8. The first-order chi connectivity index (χ1) is 22.0. The molecule has 13 nitrogen and oxygen atoms in total. The molecular formula is C32H35FN7O6+. The fraction of sp³-hybridized carbons (Fsp3) is 0.406. The van der Waals surface area contributed by atoms with Crippen LogP contribution in [-0.4, -0.2) is 80.4 Å². The minimum atomic E-state index is -1.20. The summed E-state index contributed by atoms with van der Waals surface area (Å²) >= 11 is 0. The monoisotopic (exact) mass is 632 g/mol. The number of carbonyl (C=O) groups is 5. The molecule has 2 aromatic heterocycles. The Bertz CT molecular complexity index is 1900. The number of fused-ring (bicyclic) bond motifs is 2. The number of piperidine rings is 1. The van der Waals surface area contributed by atoms with Crippen molar-refractivity contribution >= 4 is 51.3 Å². The van der Waals surface area contributed by atoms with Gasteiger partial charge in [-0.2, -0.15) is 5.10 Å². The van der Waals surface area contributed by atoms with Gasteiger partial charge in [0.25, 0.3) is 0 Å². The third-order valence-corrected chi connectivity index (χ3v) is 9.05. The number of aliphatic carboxylic acids is 1. The van der Waals surface area contributed by atoms with Crippen LogP contribution in [0, 0.1) is 11.7 Å². The number of Topliss-reactive ketones (excluding diaryl/α,β-unsaturated/α-hetero) is 1. The number of carboxylic acid groups (broad SMARTS) is 1. The molecule has 3 aliphatic rings. The Balaban J connectivity index is 1.40. The highest BCUT2D eigenvalue weighted by atomic mass is 19.1. The molecule has 0 radical (unpaired) electrons. The molecule has 1 saturated heterocycles. The van der Waals surface area contributed by atoms with Crippen molar-refractivity contribution in [2.75, 3.05) is 26.2 Å². The van der Waals surface area contributed by atoms with E-state index in [-0.39, 0.29) is 47.5 Å². The predicted molar refractivity (Wildman–Crippen MR) is 165 cm³/mol. The average molecular weight is 633 g/mol. The van der Waals surface area contributed by atoms with Gasteiger partial charge in [0.2, 0.25) is 11.8 Å². The third kappa shape index (κ3) is 5.53. The summed E-state index contributed by atoms with van der Waals surface area (Å²) < 4.78 is 17.3. The molecule has 0 saturated carbocycles. The van der Waals surface area contributed by atoms with E-state index in [0.29, 0.717) is 64.6 Å². The van der Waals surface area contributed by atoms with Gasteiger partial charge >= 0.3 is 11.9 Å². The molecule has 3 amide bonds. The zero-order valence-corrected chi connectivity index (χ0v) is 25.6. The van der Waals surface area contributed by atoms with Crippen LogP contribution in [0.25, 0.3) is 32.9 Å². The molecule has 240 valence electrons. The van der Waals surface area contributed by atoms with E-state index >= 15 is 4.39 Å². The quantitative estimate of drug-likeness (QED) is 0.224. The van der Waals surface area contributed by atoms with Crippen molar-refractivity contribution in [2.24, 2.45) is 5.92 Å². The first-order valence-electron chi connectivity index (χ1n) is 15.3. The van der Waals surface area contributed by atoms with E-state index < -0.39 is 36.7 Å². The number of hydrogen-bond acceptors (Lipinski definition) is 7. The average Bonchev–Trinajstić information content (AvgIpc) is 3.61. The predicted octanol–water partition coefficient (Wildman–Crippen LogP) is 2.37. The molecule has 2 aromatic carbocycles. The van der Waals surface area contributed by atoms with E-state index in [0.717, 1.165) is 0 Å². The van der Waals surface area contributed by atoms with Crippen LogP contribution in [0.3, 0.4) is 0 Å². The summed E-state index contributed by atoms with van der Waals surface area (Å²) in [5.41, 5.74) is 2.81. The van der Waals surface area contributed by atoms with Crippen molar-refractivity contribution in [3.8, 4) is 11.1 Å². The van der Waals surface area contributed by atoms with Gasteiger partial charge in [0.1, 0.15) is 43.3 Å². The molecule has 4 bridgehead atoms. The number of nitrogens with one attached hydrogen (secondary N) is 2. The molecule has 0 atom stereocenters. The van der Waals surface area contributed by atoms with Gasteiger partial charge in [0.15, 0.2) is 0 Å². The Morgan fingerprint density at radius 2 is 1.74 bits per heavy atom. The van der Waals surface area contributed by atoms with E-state index in [4.69, 9.17) is 10.2 Å². The number of rotatable bonds is 10. The van der Waals surface area contributed by atoms with E-state index in [1.54, 1.807) is 29.2 Å². The molecule has 0 aliphatic carbocycles. The van der Waals surface area contributed by atoms with Crippen molar-refractivity contribution in [2.45, 2.75) is 52.0 Å². The van der Waals surface area contributed by atoms with Gasteiger partial charge in [-0.3, -0.25) is 23.9 Å². The third-order valence-electron chi connectivity index (χ3n) is 9.05. The lowest BCUT2D eigenvalue weighted by atomic mass is 9.88. The van der Waals surface area contributed by atoms with Gasteiger partial charge in [-0.25, -0.2) is 9.18 Å². The molecule has 3 aliphatic heterocycles. The second-order valence-corrected chi connectivity index (χ2v) is 12.3. The molecule has 14 heteroatoms. The van der Waals surface area contributed by atoms with Crippen LogP contribution in [0.1, 0.15) is 51.1 Å². The van der Waals surface area contributed by atoms with E-state index in [1.165, 1.54) is 10.7 Å². The summed E-state index contributed by atoms with van der Waals surface area (Å²) in [7, 11) is 0. The zero-order chi connectivity index (χ0) is 32.7. The highest BCUT2D eigenvalue weighted by Gasteiger charge is 2.46. The summed E-state index contributed by atoms with van der Waals surface area (Å²) in [6, 6.07) is 8.51. The fourth-order valence-electron chi connectivity index (χ4n) is 6.58. The number of carboxylic acids is 1. The Morgan fingerprint density at radius 3 is 2.46 bits per heavy atom. The molecule has 7 rings (SSSR count). The van der Waals surface area contributed by atoms with Crippen molar-refractivity contribution in [3.05, 3.63) is 48.0 Å². The second kappa shape index (κ2) is 12.1. The van der Waals surface area contributed by atoms with Gasteiger partial charge < -0.3 is 15.7 Å². The number of nitrogens with zero attached hydrogens (tertiary/aromatic N) is 5. The lowest BCUT2D eigenvalue weighted by Crippen LogP contribution is -2.65. The standard InChI is InChI=1S/C32H34FN7O6/c1-18(2)26(41)6-7-29(44)40-10-8-19(9-11-40)32-31-21(22-13-25-20(12-23(22)33)14-36-39(25)40)4-3-5-24(31)38(37-32)17-28(43)34-15-27(42)35-16-30(45)46/h3-5,12-14,18-19H,6-11,15-17H2,1-2H3,(H2-,34,35,42,43,45,46)/p+1. The minimum absolute atomic E-state index is 0.0160. The summed E-state index contributed by atoms with van der Waals surface area (Å²) in [4.78, 5) is 63.7. The molecule has 0 spiro atoms. The number of benzene rings is 2. The van der Waals surface area contributed by atoms with Crippen LogP contribution in [-0.2, 0) is 30.5 Å². The van der Waals surface area contributed by atoms with Crippen LogP contribution in [0.2, 0.25) is 0 Å². The fourth-order valence-corrected chi connectivity index (χ4v) is 6.58. The first-order valence-corrected chi connectivity index (χ1v) is 15.3.